The zero-order valence-electron chi connectivity index (χ0n) is 29.5. The Hall–Kier alpha value is 0.880. The summed E-state index contributed by atoms with van der Waals surface area (Å²) in [6.07, 6.45) is 29.1. The van der Waals surface area contributed by atoms with Crippen LogP contribution in [0.5, 0.6) is 0 Å². The van der Waals surface area contributed by atoms with Crippen LogP contribution in [-0.4, -0.2) is 50.3 Å². The molecule has 0 aromatic carbocycles. The van der Waals surface area contributed by atoms with Crippen molar-refractivity contribution in [2.75, 3.05) is 50.3 Å². The van der Waals surface area contributed by atoms with E-state index >= 15 is 0 Å². The fraction of sp³-hybridized carbons (Fsp3) is 1.00. The van der Waals surface area contributed by atoms with Gasteiger partial charge in [-0.05, 0) is 0 Å². The van der Waals surface area contributed by atoms with Crippen LogP contribution >= 0.6 is 21.9 Å². The van der Waals surface area contributed by atoms with Crippen LogP contribution in [0.25, 0.3) is 0 Å². The van der Waals surface area contributed by atoms with Gasteiger partial charge in [-0.15, -0.1) is 0 Å². The molecule has 0 N–H and O–H groups in total. The van der Waals surface area contributed by atoms with Crippen molar-refractivity contribution in [1.29, 1.82) is 0 Å². The van der Waals surface area contributed by atoms with Crippen LogP contribution in [0.15, 0.2) is 0 Å². The van der Waals surface area contributed by atoms with Gasteiger partial charge in [-0.25, -0.2) is 0 Å². The Balaban J connectivity index is 0. The molecule has 0 atom stereocenters. The number of hydrogen-bond donors (Lipinski definition) is 0. The molecule has 0 radical (unpaired) electrons. The van der Waals surface area contributed by atoms with Crippen molar-refractivity contribution in [3.05, 3.63) is 0 Å². The van der Waals surface area contributed by atoms with Gasteiger partial charge in [-0.2, -0.15) is 0 Å². The monoisotopic (exact) mass is 628 g/mol. The van der Waals surface area contributed by atoms with E-state index in [1.54, 1.807) is 0 Å². The van der Waals surface area contributed by atoms with Gasteiger partial charge in [0.25, 0.3) is 0 Å². The van der Waals surface area contributed by atoms with Crippen LogP contribution in [0.2, 0.25) is 0 Å². The van der Waals surface area contributed by atoms with Crippen LogP contribution in [0, 0.1) is 0 Å². The first-order chi connectivity index (χ1) is 19.0. The topological polar surface area (TPSA) is 35.5 Å². The molecule has 0 saturated carbocycles. The van der Waals surface area contributed by atoms with E-state index in [1.165, 1.54) is 116 Å². The van der Waals surface area contributed by atoms with Gasteiger partial charge in [-0.3, -0.25) is 0 Å². The van der Waals surface area contributed by atoms with Crippen molar-refractivity contribution in [2.24, 2.45) is 0 Å². The molecule has 0 aliphatic heterocycles. The molecule has 0 fully saturated rings. The van der Waals surface area contributed by atoms with Crippen LogP contribution in [0.4, 0.5) is 0 Å². The molecule has 6 heteroatoms. The maximum atomic E-state index is 13.8. The summed E-state index contributed by atoms with van der Waals surface area (Å²) < 4.78 is 27.5. The third-order valence-electron chi connectivity index (χ3n) is 8.96. The second-order valence-electron chi connectivity index (χ2n) is 13.6. The summed E-state index contributed by atoms with van der Waals surface area (Å²) in [5.74, 6) is 0. The Kier molecular flexibility index (Phi) is 26.1. The molecule has 0 bridgehead atoms. The third kappa shape index (κ3) is 19.2. The first kappa shape index (κ1) is 43.0. The molecule has 0 amide bonds. The normalized spacial score (nSPS) is 14.5. The molecular weight excluding hydrogens is 549 g/mol. The Bertz CT molecular complexity index is 512. The van der Waals surface area contributed by atoms with Crippen LogP contribution in [0.3, 0.4) is 0 Å². The van der Waals surface area contributed by atoms with Gasteiger partial charge in [-0.1, -0.05) is 52.4 Å². The van der Waals surface area contributed by atoms with Crippen molar-refractivity contribution in [1.82, 2.24) is 0 Å². The third-order valence-corrected chi connectivity index (χ3v) is 23.6. The predicted octanol–water partition coefficient (Wildman–Crippen LogP) is 14.0. The summed E-state index contributed by atoms with van der Waals surface area (Å²) in [6.45, 7) is 17.8. The van der Waals surface area contributed by atoms with Gasteiger partial charge in [0.05, 0.1) is 0 Å². The van der Waals surface area contributed by atoms with Crippen molar-refractivity contribution in [2.45, 2.75) is 171 Å². The molecule has 40 heavy (non-hydrogen) atoms. The Morgan fingerprint density at radius 3 is 0.750 bits per heavy atom. The minimum absolute atomic E-state index is 1.10. The second-order valence-corrected chi connectivity index (χ2v) is 26.8. The van der Waals surface area contributed by atoms with Crippen LogP contribution < -0.4 is 0 Å². The summed E-state index contributed by atoms with van der Waals surface area (Å²) >= 11 is 0. The molecule has 0 unspecified atom stereocenters. The molecule has 0 aromatic heterocycles. The number of hydrogen-bond acceptors (Lipinski definition) is 3. The van der Waals surface area contributed by atoms with Gasteiger partial charge < -0.3 is 0 Å². The van der Waals surface area contributed by atoms with E-state index in [4.69, 9.17) is 8.62 Å². The standard InChI is InChI=1S/C26H60O3P3.C8H18/c1-9-15-21-31(7,22-16-10-2,23-17-11-3)28-30(27)29-32(8,24-18-12-4,25-19-13-5)26-20-14-6;1-3-5-7-8-6-4-2/h9-26H2,1-8H3;3-8H2,1-2H3/q+1;. The van der Waals surface area contributed by atoms with Crippen molar-refractivity contribution in [3.63, 3.8) is 0 Å². The van der Waals surface area contributed by atoms with Crippen molar-refractivity contribution >= 4 is 21.9 Å². The number of unbranched alkanes of at least 4 members (excludes halogenated alkanes) is 11. The maximum absolute atomic E-state index is 13.8. The summed E-state index contributed by atoms with van der Waals surface area (Å²) in [5.41, 5.74) is 0. The van der Waals surface area contributed by atoms with Crippen LogP contribution in [0.1, 0.15) is 171 Å². The molecule has 0 saturated heterocycles. The quantitative estimate of drug-likeness (QED) is 0.0671. The summed E-state index contributed by atoms with van der Waals surface area (Å²) in [5, 5.41) is 0. The molecule has 246 valence electrons. The Morgan fingerprint density at radius 2 is 0.575 bits per heavy atom. The molecule has 3 nitrogen and oxygen atoms in total. The van der Waals surface area contributed by atoms with Crippen molar-refractivity contribution < 1.29 is 13.2 Å². The first-order valence-electron chi connectivity index (χ1n) is 17.9. The molecule has 0 aromatic rings. The van der Waals surface area contributed by atoms with Gasteiger partial charge in [0.2, 0.25) is 0 Å². The zero-order chi connectivity index (χ0) is 30.9. The summed E-state index contributed by atoms with van der Waals surface area (Å²) in [7, 11) is -2.09. The molecular formula is C34H78O3P3+. The Morgan fingerprint density at radius 1 is 0.375 bits per heavy atom. The molecule has 0 heterocycles. The summed E-state index contributed by atoms with van der Waals surface area (Å²) in [4.78, 5) is 0. The average molecular weight is 628 g/mol. The van der Waals surface area contributed by atoms with Gasteiger partial charge in [0.15, 0.2) is 0 Å². The predicted molar refractivity (Wildman–Crippen MR) is 193 cm³/mol. The number of rotatable bonds is 27. The van der Waals surface area contributed by atoms with E-state index in [0.29, 0.717) is 0 Å². The SMILES string of the molecule is CCCCCCCC.CCCCP(C)(CCCC)(CCCC)O[P+](=O)OP(C)(CCCC)(CCCC)CCCC. The van der Waals surface area contributed by atoms with Gasteiger partial charge in [0.1, 0.15) is 0 Å². The van der Waals surface area contributed by atoms with E-state index in [0.717, 1.165) is 37.0 Å². The van der Waals surface area contributed by atoms with Crippen LogP contribution in [-0.2, 0) is 13.2 Å². The minimum atomic E-state index is -2.53. The van der Waals surface area contributed by atoms with Crippen molar-refractivity contribution in [3.8, 4) is 0 Å². The van der Waals surface area contributed by atoms with E-state index in [1.807, 2.05) is 0 Å². The van der Waals surface area contributed by atoms with E-state index < -0.39 is 21.9 Å². The molecule has 0 aliphatic rings. The average Bonchev–Trinajstić information content (AvgIpc) is 2.94. The summed E-state index contributed by atoms with van der Waals surface area (Å²) in [6, 6.07) is 0. The van der Waals surface area contributed by atoms with Gasteiger partial charge >= 0.3 is 204 Å². The second kappa shape index (κ2) is 24.2. The molecule has 0 rings (SSSR count). The fourth-order valence-electron chi connectivity index (χ4n) is 5.83. The zero-order valence-corrected chi connectivity index (χ0v) is 32.2. The van der Waals surface area contributed by atoms with E-state index in [2.05, 4.69) is 68.7 Å². The molecule has 0 aliphatic carbocycles. The van der Waals surface area contributed by atoms with Gasteiger partial charge in [0, 0.05) is 0 Å². The molecule has 0 spiro atoms. The van der Waals surface area contributed by atoms with E-state index in [-0.39, 0.29) is 0 Å². The fourth-order valence-corrected chi connectivity index (χ4v) is 20.1. The first-order valence-corrected chi connectivity index (χ1v) is 25.3. The van der Waals surface area contributed by atoms with E-state index in [9.17, 15) is 4.57 Å². The Labute approximate surface area is 255 Å².